The number of hydrogen-bond acceptors (Lipinski definition) is 6. The summed E-state index contributed by atoms with van der Waals surface area (Å²) in [6.07, 6.45) is 8.21. The number of carbonyl (C=O) groups is 2. The highest BCUT2D eigenvalue weighted by Gasteiger charge is 2.25. The summed E-state index contributed by atoms with van der Waals surface area (Å²) in [6.45, 7) is 4.17. The van der Waals surface area contributed by atoms with E-state index in [4.69, 9.17) is 0 Å². The maximum absolute atomic E-state index is 11.6. The minimum absolute atomic E-state index is 0.339. The zero-order chi connectivity index (χ0) is 16.2. The molecular weight excluding hydrogens is 312 g/mol. The van der Waals surface area contributed by atoms with Crippen molar-refractivity contribution in [1.82, 2.24) is 15.3 Å². The summed E-state index contributed by atoms with van der Waals surface area (Å²) < 4.78 is 0. The van der Waals surface area contributed by atoms with Crippen molar-refractivity contribution < 1.29 is 9.59 Å². The quantitative estimate of drug-likeness (QED) is 0.855. The lowest BCUT2D eigenvalue weighted by Gasteiger charge is -2.32. The van der Waals surface area contributed by atoms with E-state index >= 15 is 0 Å². The van der Waals surface area contributed by atoms with Crippen LogP contribution in [0.25, 0.3) is 6.08 Å². The Morgan fingerprint density at radius 1 is 1.48 bits per heavy atom. The molecule has 2 aliphatic rings. The highest BCUT2D eigenvalue weighted by atomic mass is 32.2. The smallest absolute Gasteiger partial charge is 0.290 e. The molecule has 1 unspecified atom stereocenters. The molecule has 1 aromatic rings. The maximum atomic E-state index is 11.6. The molecule has 0 aromatic carbocycles. The van der Waals surface area contributed by atoms with Gasteiger partial charge in [-0.3, -0.25) is 14.9 Å². The van der Waals surface area contributed by atoms with E-state index in [1.165, 1.54) is 19.3 Å². The molecule has 1 N–H and O–H groups in total. The van der Waals surface area contributed by atoms with E-state index < -0.39 is 0 Å². The van der Waals surface area contributed by atoms with Gasteiger partial charge in [0.05, 0.1) is 10.6 Å². The van der Waals surface area contributed by atoms with Crippen LogP contribution >= 0.6 is 11.8 Å². The van der Waals surface area contributed by atoms with Gasteiger partial charge in [-0.15, -0.1) is 0 Å². The Balaban J connectivity index is 1.76. The van der Waals surface area contributed by atoms with E-state index in [1.807, 2.05) is 0 Å². The molecule has 0 radical (unpaired) electrons. The number of hydrogen-bond donors (Lipinski definition) is 1. The Labute approximate surface area is 139 Å². The lowest BCUT2D eigenvalue weighted by atomic mass is 9.94. The average Bonchev–Trinajstić information content (AvgIpc) is 2.86. The molecule has 1 atom stereocenters. The number of amides is 2. The molecule has 2 amide bonds. The summed E-state index contributed by atoms with van der Waals surface area (Å²) in [5, 5.41) is 1.91. The van der Waals surface area contributed by atoms with Gasteiger partial charge >= 0.3 is 0 Å². The van der Waals surface area contributed by atoms with Crippen LogP contribution in [0.2, 0.25) is 0 Å². The predicted molar refractivity (Wildman–Crippen MR) is 91.0 cm³/mol. The topological polar surface area (TPSA) is 75.2 Å². The fraction of sp³-hybridized carbons (Fsp3) is 0.500. The number of piperidine rings is 1. The summed E-state index contributed by atoms with van der Waals surface area (Å²) in [5.74, 6) is 1.05. The molecule has 7 heteroatoms. The second-order valence-corrected chi connectivity index (χ2v) is 6.89. The number of nitrogens with one attached hydrogen (secondary N) is 1. The first-order valence-electron chi connectivity index (χ1n) is 7.98. The number of nitrogens with zero attached hydrogens (tertiary/aromatic N) is 3. The maximum Gasteiger partial charge on any atom is 0.290 e. The lowest BCUT2D eigenvalue weighted by Crippen LogP contribution is -2.36. The van der Waals surface area contributed by atoms with Crippen LogP contribution in [-0.4, -0.2) is 34.2 Å². The molecule has 6 nitrogen and oxygen atoms in total. The van der Waals surface area contributed by atoms with Gasteiger partial charge in [0.1, 0.15) is 0 Å². The lowest BCUT2D eigenvalue weighted by molar-refractivity contribution is -0.115. The van der Waals surface area contributed by atoms with Crippen molar-refractivity contribution in [2.24, 2.45) is 5.92 Å². The van der Waals surface area contributed by atoms with Crippen LogP contribution in [0.5, 0.6) is 0 Å². The van der Waals surface area contributed by atoms with Crippen LogP contribution in [0.4, 0.5) is 10.7 Å². The minimum atomic E-state index is -0.360. The number of anilines is 1. The van der Waals surface area contributed by atoms with Crippen molar-refractivity contribution in [1.29, 1.82) is 0 Å². The molecule has 2 fully saturated rings. The molecule has 3 rings (SSSR count). The fourth-order valence-corrected chi connectivity index (χ4v) is 3.71. The number of aromatic nitrogens is 2. The summed E-state index contributed by atoms with van der Waals surface area (Å²) >= 11 is 0.904. The fourth-order valence-electron chi connectivity index (χ4n) is 3.04. The Bertz CT molecular complexity index is 645. The van der Waals surface area contributed by atoms with E-state index in [-0.39, 0.29) is 11.1 Å². The minimum Gasteiger partial charge on any atom is -0.341 e. The zero-order valence-corrected chi connectivity index (χ0v) is 13.9. The second kappa shape index (κ2) is 7.12. The van der Waals surface area contributed by atoms with Gasteiger partial charge in [0.2, 0.25) is 5.95 Å². The monoisotopic (exact) mass is 332 g/mol. The molecule has 0 spiro atoms. The average molecular weight is 332 g/mol. The second-order valence-electron chi connectivity index (χ2n) is 5.88. The van der Waals surface area contributed by atoms with Crippen LogP contribution in [0.15, 0.2) is 17.2 Å². The van der Waals surface area contributed by atoms with Crippen molar-refractivity contribution in [3.8, 4) is 0 Å². The number of imide groups is 1. The molecule has 0 bridgehead atoms. The van der Waals surface area contributed by atoms with Crippen LogP contribution in [0, 0.1) is 5.92 Å². The third-order valence-electron chi connectivity index (χ3n) is 4.08. The van der Waals surface area contributed by atoms with Crippen molar-refractivity contribution >= 4 is 34.9 Å². The highest BCUT2D eigenvalue weighted by Crippen LogP contribution is 2.26. The molecule has 0 aliphatic carbocycles. The normalized spacial score (nSPS) is 23.4. The van der Waals surface area contributed by atoms with E-state index in [2.05, 4.69) is 27.1 Å². The number of rotatable bonds is 4. The van der Waals surface area contributed by atoms with E-state index in [0.717, 1.165) is 31.3 Å². The predicted octanol–water partition coefficient (Wildman–Crippen LogP) is 2.82. The van der Waals surface area contributed by atoms with Crippen LogP contribution in [-0.2, 0) is 4.79 Å². The third kappa shape index (κ3) is 3.90. The van der Waals surface area contributed by atoms with Gasteiger partial charge in [-0.25, -0.2) is 9.97 Å². The molecule has 3 heterocycles. The molecular formula is C16H20N4O2S. The molecule has 0 saturated carbocycles. The Morgan fingerprint density at radius 3 is 3.09 bits per heavy atom. The summed E-state index contributed by atoms with van der Waals surface area (Å²) in [6, 6.07) is 1.75. The first-order chi connectivity index (χ1) is 11.2. The SMILES string of the molecule is CCCC1CCCN(c2nccc(/C=C3\SC(=O)NC3=O)n2)C1. The van der Waals surface area contributed by atoms with E-state index in [9.17, 15) is 9.59 Å². The summed E-state index contributed by atoms with van der Waals surface area (Å²) in [5.41, 5.74) is 0.653. The molecule has 122 valence electrons. The van der Waals surface area contributed by atoms with Gasteiger partial charge in [0.15, 0.2) is 0 Å². The van der Waals surface area contributed by atoms with Gasteiger partial charge in [-0.1, -0.05) is 13.3 Å². The highest BCUT2D eigenvalue weighted by molar-refractivity contribution is 8.18. The standard InChI is InChI=1S/C16H20N4O2S/c1-2-4-11-5-3-8-20(10-11)15-17-7-6-12(18-15)9-13-14(21)19-16(22)23-13/h6-7,9,11H,2-5,8,10H2,1H3,(H,19,21,22)/b13-9-. The van der Waals surface area contributed by atoms with Crippen molar-refractivity contribution in [2.75, 3.05) is 18.0 Å². The summed E-state index contributed by atoms with van der Waals surface area (Å²) in [7, 11) is 0. The molecule has 2 saturated heterocycles. The van der Waals surface area contributed by atoms with Crippen LogP contribution < -0.4 is 10.2 Å². The zero-order valence-electron chi connectivity index (χ0n) is 13.1. The largest absolute Gasteiger partial charge is 0.341 e. The van der Waals surface area contributed by atoms with Crippen molar-refractivity contribution in [3.63, 3.8) is 0 Å². The molecule has 23 heavy (non-hydrogen) atoms. The van der Waals surface area contributed by atoms with Gasteiger partial charge in [0.25, 0.3) is 11.1 Å². The van der Waals surface area contributed by atoms with Gasteiger partial charge < -0.3 is 4.90 Å². The summed E-state index contributed by atoms with van der Waals surface area (Å²) in [4.78, 5) is 34.4. The molecule has 2 aliphatic heterocycles. The van der Waals surface area contributed by atoms with Gasteiger partial charge in [-0.2, -0.15) is 0 Å². The first kappa shape index (κ1) is 16.0. The molecule has 1 aromatic heterocycles. The number of thioether (sulfide) groups is 1. The van der Waals surface area contributed by atoms with E-state index in [0.29, 0.717) is 22.5 Å². The Hall–Kier alpha value is -1.89. The Morgan fingerprint density at radius 2 is 2.35 bits per heavy atom. The van der Waals surface area contributed by atoms with Crippen molar-refractivity contribution in [3.05, 3.63) is 22.9 Å². The van der Waals surface area contributed by atoms with Crippen LogP contribution in [0.1, 0.15) is 38.3 Å². The van der Waals surface area contributed by atoms with Gasteiger partial charge in [-0.05, 0) is 49.1 Å². The third-order valence-corrected chi connectivity index (χ3v) is 4.89. The number of carbonyl (C=O) groups excluding carboxylic acids is 2. The van der Waals surface area contributed by atoms with Crippen molar-refractivity contribution in [2.45, 2.75) is 32.6 Å². The Kier molecular flexibility index (Phi) is 4.95. The van der Waals surface area contributed by atoms with E-state index in [1.54, 1.807) is 18.3 Å². The first-order valence-corrected chi connectivity index (χ1v) is 8.80. The van der Waals surface area contributed by atoms with Gasteiger partial charge in [0, 0.05) is 19.3 Å². The van der Waals surface area contributed by atoms with Crippen LogP contribution in [0.3, 0.4) is 0 Å².